The highest BCUT2D eigenvalue weighted by atomic mass is 16.3. The van der Waals surface area contributed by atoms with Crippen LogP contribution in [-0.2, 0) is 0 Å². The van der Waals surface area contributed by atoms with E-state index in [1.165, 1.54) is 0 Å². The van der Waals surface area contributed by atoms with Gasteiger partial charge in [-0.05, 0) is 31.7 Å². The topological polar surface area (TPSA) is 40.5 Å². The van der Waals surface area contributed by atoms with E-state index in [1.54, 1.807) is 0 Å². The maximum absolute atomic E-state index is 12.2. The number of aliphatic hydroxyl groups is 1. The predicted molar refractivity (Wildman–Crippen MR) is 74.2 cm³/mol. The molecule has 0 radical (unpaired) electrons. The number of Topliss-reactive ketones (excluding diaryl/α,β-unsaturated/α-hetero) is 1. The summed E-state index contributed by atoms with van der Waals surface area (Å²) in [4.78, 5) is 14.5. The molecule has 0 amide bonds. The highest BCUT2D eigenvalue weighted by molar-refractivity contribution is 5.97. The summed E-state index contributed by atoms with van der Waals surface area (Å²) in [5, 5.41) is 9.89. The molecule has 0 bridgehead atoms. The van der Waals surface area contributed by atoms with Gasteiger partial charge in [0.15, 0.2) is 5.78 Å². The van der Waals surface area contributed by atoms with Crippen LogP contribution in [0.1, 0.15) is 28.8 Å². The van der Waals surface area contributed by atoms with E-state index in [9.17, 15) is 9.90 Å². The van der Waals surface area contributed by atoms with Crippen molar-refractivity contribution < 1.29 is 9.90 Å². The Morgan fingerprint density at radius 1 is 1.37 bits per heavy atom. The summed E-state index contributed by atoms with van der Waals surface area (Å²) >= 11 is 0. The van der Waals surface area contributed by atoms with Crippen molar-refractivity contribution in [2.75, 3.05) is 19.6 Å². The SMILES string of the molecule is Cc1cccc(C(=O)CN2CC3CCC(O)C3C2)c1. The Hall–Kier alpha value is -1.19. The van der Waals surface area contributed by atoms with Gasteiger partial charge in [0, 0.05) is 24.6 Å². The lowest BCUT2D eigenvalue weighted by Gasteiger charge is -2.17. The third kappa shape index (κ3) is 2.58. The van der Waals surface area contributed by atoms with E-state index in [1.807, 2.05) is 31.2 Å². The van der Waals surface area contributed by atoms with Crippen LogP contribution in [0.3, 0.4) is 0 Å². The van der Waals surface area contributed by atoms with Gasteiger partial charge in [0.25, 0.3) is 0 Å². The molecule has 102 valence electrons. The fourth-order valence-electron chi connectivity index (χ4n) is 3.57. The number of benzene rings is 1. The second-order valence-electron chi connectivity index (χ2n) is 6.06. The van der Waals surface area contributed by atoms with Gasteiger partial charge in [-0.25, -0.2) is 0 Å². The van der Waals surface area contributed by atoms with Crippen molar-refractivity contribution in [2.24, 2.45) is 11.8 Å². The molecule has 2 aliphatic rings. The van der Waals surface area contributed by atoms with Crippen LogP contribution < -0.4 is 0 Å². The lowest BCUT2D eigenvalue weighted by Crippen LogP contribution is -2.30. The summed E-state index contributed by atoms with van der Waals surface area (Å²) in [6, 6.07) is 7.79. The van der Waals surface area contributed by atoms with Crippen molar-refractivity contribution in [1.82, 2.24) is 4.90 Å². The smallest absolute Gasteiger partial charge is 0.176 e. The lowest BCUT2D eigenvalue weighted by atomic mass is 10.00. The maximum atomic E-state index is 12.2. The second kappa shape index (κ2) is 5.06. The molecule has 1 N–H and O–H groups in total. The van der Waals surface area contributed by atoms with E-state index >= 15 is 0 Å². The molecule has 1 aromatic carbocycles. The summed E-state index contributed by atoms with van der Waals surface area (Å²) in [7, 11) is 0. The molecule has 1 saturated heterocycles. The molecule has 2 fully saturated rings. The Morgan fingerprint density at radius 3 is 2.95 bits per heavy atom. The minimum atomic E-state index is -0.149. The van der Waals surface area contributed by atoms with E-state index in [4.69, 9.17) is 0 Å². The van der Waals surface area contributed by atoms with Crippen LogP contribution in [0.15, 0.2) is 24.3 Å². The zero-order chi connectivity index (χ0) is 13.4. The first-order valence-electron chi connectivity index (χ1n) is 7.14. The number of carbonyl (C=O) groups excluding carboxylic acids is 1. The quantitative estimate of drug-likeness (QED) is 0.843. The minimum Gasteiger partial charge on any atom is -0.393 e. The molecule has 3 rings (SSSR count). The van der Waals surface area contributed by atoms with Gasteiger partial charge in [-0.15, -0.1) is 0 Å². The third-order valence-electron chi connectivity index (χ3n) is 4.60. The molecule has 3 unspecified atom stereocenters. The van der Waals surface area contributed by atoms with Gasteiger partial charge in [0.1, 0.15) is 0 Å². The largest absolute Gasteiger partial charge is 0.393 e. The number of nitrogens with zero attached hydrogens (tertiary/aromatic N) is 1. The molecule has 0 aromatic heterocycles. The molecule has 19 heavy (non-hydrogen) atoms. The fourth-order valence-corrected chi connectivity index (χ4v) is 3.57. The summed E-state index contributed by atoms with van der Waals surface area (Å²) in [6.07, 6.45) is 1.90. The van der Waals surface area contributed by atoms with Crippen LogP contribution in [0.2, 0.25) is 0 Å². The molecule has 3 atom stereocenters. The number of hydrogen-bond donors (Lipinski definition) is 1. The number of fused-ring (bicyclic) bond motifs is 1. The molecule has 1 aliphatic heterocycles. The zero-order valence-electron chi connectivity index (χ0n) is 11.4. The molecule has 1 aromatic rings. The first kappa shape index (κ1) is 12.8. The Bertz CT molecular complexity index is 485. The summed E-state index contributed by atoms with van der Waals surface area (Å²) < 4.78 is 0. The maximum Gasteiger partial charge on any atom is 0.176 e. The number of aliphatic hydroxyl groups excluding tert-OH is 1. The Labute approximate surface area is 114 Å². The van der Waals surface area contributed by atoms with E-state index in [2.05, 4.69) is 4.90 Å². The van der Waals surface area contributed by atoms with Crippen LogP contribution in [0.25, 0.3) is 0 Å². The molecule has 1 aliphatic carbocycles. The van der Waals surface area contributed by atoms with Crippen LogP contribution in [0.5, 0.6) is 0 Å². The first-order chi connectivity index (χ1) is 9.13. The second-order valence-corrected chi connectivity index (χ2v) is 6.06. The van der Waals surface area contributed by atoms with Crippen LogP contribution in [0.4, 0.5) is 0 Å². The highest BCUT2D eigenvalue weighted by Gasteiger charge is 2.41. The van der Waals surface area contributed by atoms with Gasteiger partial charge in [-0.1, -0.05) is 23.8 Å². The molecule has 1 heterocycles. The van der Waals surface area contributed by atoms with Gasteiger partial charge < -0.3 is 5.11 Å². The number of aryl methyl sites for hydroxylation is 1. The van der Waals surface area contributed by atoms with Crippen molar-refractivity contribution in [3.8, 4) is 0 Å². The van der Waals surface area contributed by atoms with Crippen molar-refractivity contribution in [2.45, 2.75) is 25.9 Å². The van der Waals surface area contributed by atoms with E-state index < -0.39 is 0 Å². The standard InChI is InChI=1S/C16H21NO2/c1-11-3-2-4-12(7-11)16(19)10-17-8-13-5-6-15(18)14(13)9-17/h2-4,7,13-15,18H,5-6,8-10H2,1H3. The van der Waals surface area contributed by atoms with Gasteiger partial charge in [-0.3, -0.25) is 9.69 Å². The van der Waals surface area contributed by atoms with Gasteiger partial charge >= 0.3 is 0 Å². The third-order valence-corrected chi connectivity index (χ3v) is 4.60. The van der Waals surface area contributed by atoms with Crippen LogP contribution in [-0.4, -0.2) is 41.5 Å². The Balaban J connectivity index is 1.62. The molecular formula is C16H21NO2. The van der Waals surface area contributed by atoms with Crippen molar-refractivity contribution in [3.05, 3.63) is 35.4 Å². The van der Waals surface area contributed by atoms with Crippen LogP contribution in [0, 0.1) is 18.8 Å². The summed E-state index contributed by atoms with van der Waals surface area (Å²) in [5.74, 6) is 1.18. The molecule has 1 saturated carbocycles. The average molecular weight is 259 g/mol. The fraction of sp³-hybridized carbons (Fsp3) is 0.562. The number of carbonyl (C=O) groups is 1. The highest BCUT2D eigenvalue weighted by Crippen LogP contribution is 2.37. The van der Waals surface area contributed by atoms with Crippen molar-refractivity contribution in [1.29, 1.82) is 0 Å². The van der Waals surface area contributed by atoms with Gasteiger partial charge in [0.05, 0.1) is 12.6 Å². The predicted octanol–water partition coefficient (Wildman–Crippen LogP) is 1.88. The van der Waals surface area contributed by atoms with Crippen LogP contribution >= 0.6 is 0 Å². The van der Waals surface area contributed by atoms with E-state index in [-0.39, 0.29) is 11.9 Å². The number of likely N-dealkylation sites (tertiary alicyclic amines) is 1. The number of rotatable bonds is 3. The first-order valence-corrected chi connectivity index (χ1v) is 7.14. The summed E-state index contributed by atoms with van der Waals surface area (Å²) in [6.45, 7) is 4.35. The zero-order valence-corrected chi connectivity index (χ0v) is 11.4. The number of ketones is 1. The Kier molecular flexibility index (Phi) is 3.42. The number of hydrogen-bond acceptors (Lipinski definition) is 3. The Morgan fingerprint density at radius 2 is 2.21 bits per heavy atom. The summed E-state index contributed by atoms with van der Waals surface area (Å²) in [5.41, 5.74) is 1.93. The molecule has 3 heteroatoms. The van der Waals surface area contributed by atoms with Crippen molar-refractivity contribution in [3.63, 3.8) is 0 Å². The average Bonchev–Trinajstić information content (AvgIpc) is 2.92. The van der Waals surface area contributed by atoms with Gasteiger partial charge in [0.2, 0.25) is 0 Å². The van der Waals surface area contributed by atoms with Crippen molar-refractivity contribution >= 4 is 5.78 Å². The van der Waals surface area contributed by atoms with E-state index in [0.717, 1.165) is 37.1 Å². The normalized spacial score (nSPS) is 30.5. The molecular weight excluding hydrogens is 238 g/mol. The molecule has 0 spiro atoms. The van der Waals surface area contributed by atoms with Gasteiger partial charge in [-0.2, -0.15) is 0 Å². The monoisotopic (exact) mass is 259 g/mol. The lowest BCUT2D eigenvalue weighted by molar-refractivity contribution is 0.0919. The minimum absolute atomic E-state index is 0.149. The van der Waals surface area contributed by atoms with E-state index in [0.29, 0.717) is 18.4 Å². The molecule has 3 nitrogen and oxygen atoms in total.